The Morgan fingerprint density at radius 3 is 2.79 bits per heavy atom. The first kappa shape index (κ1) is 18.6. The lowest BCUT2D eigenvalue weighted by Gasteiger charge is -2.06. The minimum Gasteiger partial charge on any atom is -0.467 e. The summed E-state index contributed by atoms with van der Waals surface area (Å²) in [5.74, 6) is 0.160. The van der Waals surface area contributed by atoms with Gasteiger partial charge in [0.15, 0.2) is 0 Å². The van der Waals surface area contributed by atoms with Crippen LogP contribution in [-0.2, 0) is 22.7 Å². The molecule has 2 aromatic heterocycles. The van der Waals surface area contributed by atoms with Crippen molar-refractivity contribution in [3.8, 4) is 6.07 Å². The molecule has 0 saturated heterocycles. The largest absolute Gasteiger partial charge is 0.467 e. The molecule has 4 rings (SSSR count). The number of nitriles is 1. The number of aromatic nitrogens is 1. The lowest BCUT2D eigenvalue weighted by molar-refractivity contribution is -0.122. The summed E-state index contributed by atoms with van der Waals surface area (Å²) in [6, 6.07) is 13.3. The summed E-state index contributed by atoms with van der Waals surface area (Å²) in [6.07, 6.45) is 6.84. The molecule has 1 fully saturated rings. The predicted molar refractivity (Wildman–Crippen MR) is 107 cm³/mol. The van der Waals surface area contributed by atoms with E-state index >= 15 is 0 Å². The molecule has 0 aliphatic heterocycles. The van der Waals surface area contributed by atoms with E-state index in [9.17, 15) is 14.9 Å². The smallest absolute Gasteiger partial charge is 0.262 e. The summed E-state index contributed by atoms with van der Waals surface area (Å²) in [5, 5.41) is 15.9. The highest BCUT2D eigenvalue weighted by molar-refractivity contribution is 6.04. The monoisotopic (exact) mass is 388 g/mol. The van der Waals surface area contributed by atoms with Crippen LogP contribution in [0.15, 0.2) is 58.8 Å². The fourth-order valence-corrected chi connectivity index (χ4v) is 3.13. The zero-order valence-electron chi connectivity index (χ0n) is 15.7. The molecule has 1 saturated carbocycles. The topological polar surface area (TPSA) is 100 Å². The summed E-state index contributed by atoms with van der Waals surface area (Å²) in [5.41, 5.74) is 1.63. The number of hydrogen-bond donors (Lipinski definition) is 2. The Kier molecular flexibility index (Phi) is 5.16. The number of amides is 2. The van der Waals surface area contributed by atoms with Crippen molar-refractivity contribution in [2.75, 3.05) is 0 Å². The van der Waals surface area contributed by atoms with Gasteiger partial charge in [0.1, 0.15) is 23.9 Å². The Bertz CT molecular complexity index is 1110. The molecule has 146 valence electrons. The molecule has 1 aliphatic rings. The normalized spacial score (nSPS) is 13.8. The van der Waals surface area contributed by atoms with Gasteiger partial charge in [-0.2, -0.15) is 5.26 Å². The predicted octanol–water partition coefficient (Wildman–Crippen LogP) is 2.74. The highest BCUT2D eigenvalue weighted by atomic mass is 16.3. The number of carbonyl (C=O) groups is 2. The van der Waals surface area contributed by atoms with Gasteiger partial charge in [-0.15, -0.1) is 0 Å². The van der Waals surface area contributed by atoms with Crippen molar-refractivity contribution in [3.05, 3.63) is 65.8 Å². The lowest BCUT2D eigenvalue weighted by Crippen LogP contribution is -2.26. The number of para-hydroxylation sites is 1. The van der Waals surface area contributed by atoms with Gasteiger partial charge in [0.25, 0.3) is 5.91 Å². The minimum absolute atomic E-state index is 0.0575. The van der Waals surface area contributed by atoms with Crippen LogP contribution < -0.4 is 10.6 Å². The van der Waals surface area contributed by atoms with Crippen molar-refractivity contribution in [1.29, 1.82) is 5.26 Å². The van der Waals surface area contributed by atoms with E-state index < -0.39 is 0 Å². The quantitative estimate of drug-likeness (QED) is 0.480. The molecule has 29 heavy (non-hydrogen) atoms. The molecular weight excluding hydrogens is 368 g/mol. The van der Waals surface area contributed by atoms with Gasteiger partial charge in [-0.3, -0.25) is 9.59 Å². The van der Waals surface area contributed by atoms with Crippen molar-refractivity contribution in [1.82, 2.24) is 15.2 Å². The third kappa shape index (κ3) is 4.38. The fourth-order valence-electron chi connectivity index (χ4n) is 3.13. The Hall–Kier alpha value is -3.79. The Morgan fingerprint density at radius 2 is 2.07 bits per heavy atom. The number of hydrogen-bond acceptors (Lipinski definition) is 4. The van der Waals surface area contributed by atoms with Gasteiger partial charge in [-0.25, -0.2) is 0 Å². The second kappa shape index (κ2) is 8.07. The molecule has 7 heteroatoms. The second-order valence-corrected chi connectivity index (χ2v) is 7.00. The average Bonchev–Trinajstić information content (AvgIpc) is 3.26. The highest BCUT2D eigenvalue weighted by Gasteiger charge is 2.25. The molecule has 1 aliphatic carbocycles. The van der Waals surface area contributed by atoms with E-state index in [1.165, 1.54) is 0 Å². The molecule has 0 radical (unpaired) electrons. The maximum Gasteiger partial charge on any atom is 0.262 e. The van der Waals surface area contributed by atoms with Gasteiger partial charge < -0.3 is 19.6 Å². The van der Waals surface area contributed by atoms with Crippen LogP contribution in [0.5, 0.6) is 0 Å². The maximum absolute atomic E-state index is 12.4. The number of nitrogens with zero attached hydrogens (tertiary/aromatic N) is 2. The molecule has 1 aromatic carbocycles. The van der Waals surface area contributed by atoms with Crippen molar-refractivity contribution in [2.45, 2.75) is 32.0 Å². The van der Waals surface area contributed by atoms with Crippen LogP contribution in [0.2, 0.25) is 0 Å². The fraction of sp³-hybridized carbons (Fsp3) is 0.227. The molecule has 0 unspecified atom stereocenters. The summed E-state index contributed by atoms with van der Waals surface area (Å²) in [4.78, 5) is 24.6. The van der Waals surface area contributed by atoms with Gasteiger partial charge >= 0.3 is 0 Å². The van der Waals surface area contributed by atoms with E-state index in [0.717, 1.165) is 29.3 Å². The van der Waals surface area contributed by atoms with E-state index in [1.807, 2.05) is 34.9 Å². The Labute approximate surface area is 167 Å². The van der Waals surface area contributed by atoms with Crippen LogP contribution in [0.1, 0.15) is 24.2 Å². The van der Waals surface area contributed by atoms with Crippen LogP contribution in [-0.4, -0.2) is 22.4 Å². The lowest BCUT2D eigenvalue weighted by atomic mass is 10.1. The maximum atomic E-state index is 12.4. The molecule has 7 nitrogen and oxygen atoms in total. The number of furan rings is 1. The first-order valence-electron chi connectivity index (χ1n) is 9.43. The number of nitrogens with one attached hydrogen (secondary N) is 2. The molecule has 3 aromatic rings. The van der Waals surface area contributed by atoms with Gasteiger partial charge in [-0.1, -0.05) is 18.2 Å². The molecule has 2 N–H and O–H groups in total. The van der Waals surface area contributed by atoms with Crippen molar-refractivity contribution < 1.29 is 14.0 Å². The standard InChI is InChI=1S/C22H20N4O3/c23-11-15(22(28)25-17-7-8-17)10-16-13-26(20-6-2-1-5-19(16)20)14-21(27)24-12-18-4-3-9-29-18/h1-6,9-10,13,17H,7-8,12,14H2,(H,24,27)(H,25,28)/b15-10+. The van der Waals surface area contributed by atoms with E-state index in [4.69, 9.17) is 4.42 Å². The van der Waals surface area contributed by atoms with Crippen molar-refractivity contribution >= 4 is 28.8 Å². The second-order valence-electron chi connectivity index (χ2n) is 7.00. The molecular formula is C22H20N4O3. The SMILES string of the molecule is N#C/C(=C\c1cn(CC(=O)NCc2ccco2)c2ccccc12)C(=O)NC1CC1. The molecule has 0 bridgehead atoms. The Morgan fingerprint density at radius 1 is 1.24 bits per heavy atom. The summed E-state index contributed by atoms with van der Waals surface area (Å²) < 4.78 is 7.03. The van der Waals surface area contributed by atoms with Crippen molar-refractivity contribution in [3.63, 3.8) is 0 Å². The zero-order valence-corrected chi connectivity index (χ0v) is 15.7. The van der Waals surface area contributed by atoms with E-state index in [-0.39, 0.29) is 30.0 Å². The van der Waals surface area contributed by atoms with Gasteiger partial charge in [0, 0.05) is 28.7 Å². The summed E-state index contributed by atoms with van der Waals surface area (Å²) in [6.45, 7) is 0.433. The third-order valence-electron chi connectivity index (χ3n) is 4.75. The molecule has 2 amide bonds. The number of fused-ring (bicyclic) bond motifs is 1. The van der Waals surface area contributed by atoms with Crippen LogP contribution in [0.3, 0.4) is 0 Å². The number of rotatable bonds is 7. The summed E-state index contributed by atoms with van der Waals surface area (Å²) in [7, 11) is 0. The zero-order chi connectivity index (χ0) is 20.2. The van der Waals surface area contributed by atoms with E-state index in [1.54, 1.807) is 30.7 Å². The van der Waals surface area contributed by atoms with Crippen LogP contribution >= 0.6 is 0 Å². The van der Waals surface area contributed by atoms with Gasteiger partial charge in [-0.05, 0) is 37.1 Å². The van der Waals surface area contributed by atoms with Gasteiger partial charge in [0.05, 0.1) is 12.8 Å². The average molecular weight is 388 g/mol. The van der Waals surface area contributed by atoms with Crippen LogP contribution in [0.25, 0.3) is 17.0 Å². The van der Waals surface area contributed by atoms with E-state index in [0.29, 0.717) is 12.3 Å². The number of benzene rings is 1. The summed E-state index contributed by atoms with van der Waals surface area (Å²) >= 11 is 0. The first-order valence-corrected chi connectivity index (χ1v) is 9.43. The molecule has 0 atom stereocenters. The molecule has 0 spiro atoms. The molecule has 2 heterocycles. The highest BCUT2D eigenvalue weighted by Crippen LogP contribution is 2.24. The Balaban J connectivity index is 1.56. The van der Waals surface area contributed by atoms with Crippen molar-refractivity contribution in [2.24, 2.45) is 0 Å². The van der Waals surface area contributed by atoms with Crippen LogP contribution in [0, 0.1) is 11.3 Å². The third-order valence-corrected chi connectivity index (χ3v) is 4.75. The number of carbonyl (C=O) groups excluding carboxylic acids is 2. The van der Waals surface area contributed by atoms with Gasteiger partial charge in [0.2, 0.25) is 5.91 Å². The van der Waals surface area contributed by atoms with Crippen LogP contribution in [0.4, 0.5) is 0 Å². The minimum atomic E-state index is -0.358. The first-order chi connectivity index (χ1) is 14.1. The van der Waals surface area contributed by atoms with E-state index in [2.05, 4.69) is 10.6 Å².